The zero-order valence-corrected chi connectivity index (χ0v) is 8.34. The topological polar surface area (TPSA) is 41.1 Å². The van der Waals surface area contributed by atoms with Crippen LogP contribution in [0.25, 0.3) is 0 Å². The van der Waals surface area contributed by atoms with Gasteiger partial charge in [-0.25, -0.2) is 0 Å². The molecule has 2 N–H and O–H groups in total. The van der Waals surface area contributed by atoms with Crippen LogP contribution in [0.1, 0.15) is 13.3 Å². The van der Waals surface area contributed by atoms with Crippen LogP contribution < -0.4 is 10.6 Å². The van der Waals surface area contributed by atoms with Crippen LogP contribution >= 0.6 is 9.24 Å². The number of carbonyl (C=O) groups is 1. The molecule has 0 aromatic heterocycles. The van der Waals surface area contributed by atoms with Crippen molar-refractivity contribution in [3.8, 4) is 0 Å². The number of amides is 1. The fourth-order valence-corrected chi connectivity index (χ4v) is 0.762. The summed E-state index contributed by atoms with van der Waals surface area (Å²) in [5.41, 5.74) is 0. The number of hydrogen-bond acceptors (Lipinski definition) is 2. The SMILES string of the molecule is CNCCC(=O)NC(C)CP. The Morgan fingerprint density at radius 2 is 2.27 bits per heavy atom. The third kappa shape index (κ3) is 6.27. The first kappa shape index (κ1) is 10.9. The van der Waals surface area contributed by atoms with Gasteiger partial charge < -0.3 is 10.6 Å². The Labute approximate surface area is 70.5 Å². The maximum absolute atomic E-state index is 11.0. The van der Waals surface area contributed by atoms with Crippen LogP contribution in [-0.2, 0) is 4.79 Å². The van der Waals surface area contributed by atoms with Crippen molar-refractivity contribution in [1.29, 1.82) is 0 Å². The summed E-state index contributed by atoms with van der Waals surface area (Å²) in [6.45, 7) is 2.74. The summed E-state index contributed by atoms with van der Waals surface area (Å²) in [5.74, 6) is 0.120. The Morgan fingerprint density at radius 1 is 1.64 bits per heavy atom. The lowest BCUT2D eigenvalue weighted by Gasteiger charge is -2.10. The first-order valence-corrected chi connectivity index (χ1v) is 4.66. The molecule has 2 unspecified atom stereocenters. The van der Waals surface area contributed by atoms with E-state index in [4.69, 9.17) is 0 Å². The Hall–Kier alpha value is -0.140. The quantitative estimate of drug-likeness (QED) is 0.578. The van der Waals surface area contributed by atoms with Crippen molar-refractivity contribution >= 4 is 15.1 Å². The highest BCUT2D eigenvalue weighted by molar-refractivity contribution is 7.16. The van der Waals surface area contributed by atoms with Crippen molar-refractivity contribution in [3.63, 3.8) is 0 Å². The molecule has 1 amide bonds. The van der Waals surface area contributed by atoms with Gasteiger partial charge in [0.1, 0.15) is 0 Å². The highest BCUT2D eigenvalue weighted by atomic mass is 31.0. The lowest BCUT2D eigenvalue weighted by atomic mass is 10.3. The highest BCUT2D eigenvalue weighted by Crippen LogP contribution is 1.89. The molecular formula is C7H17N2OP. The molecule has 3 nitrogen and oxygen atoms in total. The van der Waals surface area contributed by atoms with Crippen LogP contribution in [-0.4, -0.2) is 31.7 Å². The molecule has 0 rings (SSSR count). The van der Waals surface area contributed by atoms with E-state index < -0.39 is 0 Å². The van der Waals surface area contributed by atoms with E-state index in [0.29, 0.717) is 6.42 Å². The van der Waals surface area contributed by atoms with E-state index in [0.717, 1.165) is 12.7 Å². The first-order chi connectivity index (χ1) is 5.20. The molecule has 0 aromatic rings. The van der Waals surface area contributed by atoms with Crippen LogP contribution in [0.4, 0.5) is 0 Å². The fourth-order valence-electron chi connectivity index (χ4n) is 0.644. The minimum atomic E-state index is 0.120. The van der Waals surface area contributed by atoms with Gasteiger partial charge in [-0.1, -0.05) is 0 Å². The van der Waals surface area contributed by atoms with Crippen molar-refractivity contribution in [3.05, 3.63) is 0 Å². The van der Waals surface area contributed by atoms with E-state index in [1.54, 1.807) is 0 Å². The highest BCUT2D eigenvalue weighted by Gasteiger charge is 2.03. The molecule has 0 saturated heterocycles. The molecular weight excluding hydrogens is 159 g/mol. The van der Waals surface area contributed by atoms with E-state index in [9.17, 15) is 4.79 Å². The monoisotopic (exact) mass is 176 g/mol. The van der Waals surface area contributed by atoms with Crippen molar-refractivity contribution in [1.82, 2.24) is 10.6 Å². The van der Waals surface area contributed by atoms with E-state index in [2.05, 4.69) is 19.9 Å². The Kier molecular flexibility index (Phi) is 6.48. The van der Waals surface area contributed by atoms with E-state index in [1.165, 1.54) is 0 Å². The summed E-state index contributed by atoms with van der Waals surface area (Å²) < 4.78 is 0. The average Bonchev–Trinajstić information content (AvgIpc) is 2.00. The molecule has 66 valence electrons. The van der Waals surface area contributed by atoms with E-state index >= 15 is 0 Å². The summed E-state index contributed by atoms with van der Waals surface area (Å²) in [4.78, 5) is 11.0. The lowest BCUT2D eigenvalue weighted by molar-refractivity contribution is -0.121. The zero-order chi connectivity index (χ0) is 8.69. The average molecular weight is 176 g/mol. The van der Waals surface area contributed by atoms with Gasteiger partial charge in [-0.05, 0) is 20.1 Å². The maximum Gasteiger partial charge on any atom is 0.221 e. The van der Waals surface area contributed by atoms with Gasteiger partial charge in [0.2, 0.25) is 5.91 Å². The first-order valence-electron chi connectivity index (χ1n) is 3.84. The third-order valence-corrected chi connectivity index (χ3v) is 2.07. The van der Waals surface area contributed by atoms with Crippen LogP contribution in [0.2, 0.25) is 0 Å². The summed E-state index contributed by atoms with van der Waals surface area (Å²) in [5, 5.41) is 5.79. The van der Waals surface area contributed by atoms with Gasteiger partial charge in [0.15, 0.2) is 0 Å². The number of rotatable bonds is 5. The Balaban J connectivity index is 3.36. The second-order valence-corrected chi connectivity index (χ2v) is 3.03. The largest absolute Gasteiger partial charge is 0.353 e. The molecule has 0 aromatic carbocycles. The molecule has 0 heterocycles. The van der Waals surface area contributed by atoms with Crippen LogP contribution in [0, 0.1) is 0 Å². The predicted molar refractivity (Wildman–Crippen MR) is 50.7 cm³/mol. The second-order valence-electron chi connectivity index (χ2n) is 2.56. The maximum atomic E-state index is 11.0. The van der Waals surface area contributed by atoms with Crippen LogP contribution in [0.3, 0.4) is 0 Å². The standard InChI is InChI=1S/C7H17N2OP/c1-6(5-11)9-7(10)3-4-8-2/h6,8H,3-5,11H2,1-2H3,(H,9,10). The van der Waals surface area contributed by atoms with Gasteiger partial charge in [0.25, 0.3) is 0 Å². The number of hydrogen-bond donors (Lipinski definition) is 2. The lowest BCUT2D eigenvalue weighted by Crippen LogP contribution is -2.34. The van der Waals surface area contributed by atoms with E-state index in [1.807, 2.05) is 14.0 Å². The minimum absolute atomic E-state index is 0.120. The number of carbonyl (C=O) groups excluding carboxylic acids is 1. The van der Waals surface area contributed by atoms with Crippen molar-refractivity contribution in [2.75, 3.05) is 19.8 Å². The van der Waals surface area contributed by atoms with E-state index in [-0.39, 0.29) is 11.9 Å². The summed E-state index contributed by atoms with van der Waals surface area (Å²) >= 11 is 0. The van der Waals surface area contributed by atoms with Gasteiger partial charge in [-0.3, -0.25) is 4.79 Å². The predicted octanol–water partition coefficient (Wildman–Crippen LogP) is -0.0243. The molecule has 4 heteroatoms. The molecule has 0 aliphatic carbocycles. The van der Waals surface area contributed by atoms with Crippen molar-refractivity contribution in [2.45, 2.75) is 19.4 Å². The number of nitrogens with one attached hydrogen (secondary N) is 2. The Bertz CT molecular complexity index is 119. The zero-order valence-electron chi connectivity index (χ0n) is 7.18. The van der Waals surface area contributed by atoms with Gasteiger partial charge in [-0.15, -0.1) is 9.24 Å². The second kappa shape index (κ2) is 6.56. The van der Waals surface area contributed by atoms with Crippen LogP contribution in [0.5, 0.6) is 0 Å². The molecule has 0 saturated carbocycles. The summed E-state index contributed by atoms with van der Waals surface area (Å²) in [6, 6.07) is 0.268. The smallest absolute Gasteiger partial charge is 0.221 e. The third-order valence-electron chi connectivity index (χ3n) is 1.36. The summed E-state index contributed by atoms with van der Waals surface area (Å²) in [6.07, 6.45) is 1.47. The van der Waals surface area contributed by atoms with Crippen LogP contribution in [0.15, 0.2) is 0 Å². The molecule has 0 aliphatic rings. The molecule has 0 bridgehead atoms. The molecule has 0 aliphatic heterocycles. The molecule has 0 fully saturated rings. The normalized spacial score (nSPS) is 12.6. The van der Waals surface area contributed by atoms with Gasteiger partial charge in [0.05, 0.1) is 0 Å². The summed E-state index contributed by atoms with van der Waals surface area (Å²) in [7, 11) is 4.44. The molecule has 0 radical (unpaired) electrons. The molecule has 0 spiro atoms. The van der Waals surface area contributed by atoms with Gasteiger partial charge >= 0.3 is 0 Å². The fraction of sp³-hybridized carbons (Fsp3) is 0.857. The van der Waals surface area contributed by atoms with Crippen molar-refractivity contribution in [2.24, 2.45) is 0 Å². The van der Waals surface area contributed by atoms with Gasteiger partial charge in [0, 0.05) is 19.0 Å². The minimum Gasteiger partial charge on any atom is -0.353 e. The van der Waals surface area contributed by atoms with Gasteiger partial charge in [-0.2, -0.15) is 0 Å². The van der Waals surface area contributed by atoms with Crippen molar-refractivity contribution < 1.29 is 4.79 Å². The Morgan fingerprint density at radius 3 is 2.73 bits per heavy atom. The molecule has 2 atom stereocenters. The molecule has 11 heavy (non-hydrogen) atoms.